The van der Waals surface area contributed by atoms with Crippen LogP contribution in [-0.4, -0.2) is 49.6 Å². The summed E-state index contributed by atoms with van der Waals surface area (Å²) in [7, 11) is 0. The number of rotatable bonds is 10. The highest BCUT2D eigenvalue weighted by Crippen LogP contribution is 2.41. The van der Waals surface area contributed by atoms with Crippen molar-refractivity contribution in [3.63, 3.8) is 0 Å². The second kappa shape index (κ2) is 12.9. The van der Waals surface area contributed by atoms with Gasteiger partial charge >= 0.3 is 0 Å². The van der Waals surface area contributed by atoms with Crippen molar-refractivity contribution in [2.45, 2.75) is 29.1 Å². The summed E-state index contributed by atoms with van der Waals surface area (Å²) in [6.07, 6.45) is 1.37. The fourth-order valence-corrected chi connectivity index (χ4v) is 5.13. The van der Waals surface area contributed by atoms with E-state index in [9.17, 15) is 13.6 Å². The Morgan fingerprint density at radius 1 is 0.944 bits per heavy atom. The van der Waals surface area contributed by atoms with E-state index < -0.39 is 13.3 Å². The number of hydrogen-bond acceptors (Lipinski definition) is 4. The summed E-state index contributed by atoms with van der Waals surface area (Å²) in [5, 5.41) is 3.65. The largest absolute Gasteiger partial charge is 0.356 e. The number of amides is 1. The Bertz CT molecular complexity index is 1210. The number of benzene rings is 3. The lowest BCUT2D eigenvalue weighted by Crippen LogP contribution is -2.34. The van der Waals surface area contributed by atoms with Gasteiger partial charge < -0.3 is 10.2 Å². The maximum Gasteiger partial charge on any atom is 0.251 e. The van der Waals surface area contributed by atoms with Crippen LogP contribution in [0.5, 0.6) is 0 Å². The number of alkyl halides is 2. The van der Waals surface area contributed by atoms with E-state index >= 15 is 0 Å². The number of amidine groups is 1. The van der Waals surface area contributed by atoms with E-state index in [-0.39, 0.29) is 5.91 Å². The van der Waals surface area contributed by atoms with Gasteiger partial charge in [0, 0.05) is 45.6 Å². The van der Waals surface area contributed by atoms with Gasteiger partial charge in [-0.2, -0.15) is 0 Å². The number of fused-ring (bicyclic) bond motifs is 2. The number of aliphatic imine (C=N–C) groups is 1. The molecule has 0 saturated heterocycles. The molecule has 1 aliphatic heterocycles. The first kappa shape index (κ1) is 26.2. The van der Waals surface area contributed by atoms with Crippen LogP contribution in [0.2, 0.25) is 5.02 Å². The Kier molecular flexibility index (Phi) is 9.36. The van der Waals surface area contributed by atoms with Crippen molar-refractivity contribution >= 4 is 40.8 Å². The molecule has 4 nitrogen and oxygen atoms in total. The maximum atomic E-state index is 13.0. The molecule has 0 radical (unpaired) electrons. The minimum absolute atomic E-state index is 0.179. The standard InChI is InChI=1S/C28H28ClF2N3OS/c29-22-10-7-20(8-11-22)13-16-32-28(35)21-9-12-26-24(19-21)33-27(23-5-1-2-6-25(23)36-26)34(17-3-14-30)18-4-15-31/h1-2,5-12,19H,3-4,13-18H2,(H,32,35). The van der Waals surface area contributed by atoms with Crippen molar-refractivity contribution < 1.29 is 13.6 Å². The minimum atomic E-state index is -0.452. The summed E-state index contributed by atoms with van der Waals surface area (Å²) < 4.78 is 26.1. The minimum Gasteiger partial charge on any atom is -0.356 e. The summed E-state index contributed by atoms with van der Waals surface area (Å²) in [6, 6.07) is 21.0. The van der Waals surface area contributed by atoms with E-state index in [1.165, 1.54) is 0 Å². The SMILES string of the molecule is O=C(NCCc1ccc(Cl)cc1)c1ccc2c(c1)N=C(N(CCCF)CCCF)c1ccccc1S2. The van der Waals surface area contributed by atoms with Crippen LogP contribution in [0, 0.1) is 0 Å². The normalized spacial score (nSPS) is 12.2. The number of nitrogens with zero attached hydrogens (tertiary/aromatic N) is 2. The highest BCUT2D eigenvalue weighted by atomic mass is 35.5. The topological polar surface area (TPSA) is 44.7 Å². The summed E-state index contributed by atoms with van der Waals surface area (Å²) in [5.74, 6) is 0.501. The monoisotopic (exact) mass is 527 g/mol. The molecular weight excluding hydrogens is 500 g/mol. The molecule has 1 heterocycles. The van der Waals surface area contributed by atoms with Crippen LogP contribution in [-0.2, 0) is 6.42 Å². The third kappa shape index (κ3) is 6.65. The van der Waals surface area contributed by atoms with Gasteiger partial charge in [-0.3, -0.25) is 13.6 Å². The van der Waals surface area contributed by atoms with Crippen LogP contribution in [0.4, 0.5) is 14.5 Å². The predicted molar refractivity (Wildman–Crippen MR) is 143 cm³/mol. The Labute approximate surface area is 219 Å². The molecule has 36 heavy (non-hydrogen) atoms. The molecule has 0 atom stereocenters. The fraction of sp³-hybridized carbons (Fsp3) is 0.286. The zero-order valence-corrected chi connectivity index (χ0v) is 21.4. The molecule has 0 fully saturated rings. The number of carbonyl (C=O) groups is 1. The van der Waals surface area contributed by atoms with Crippen molar-refractivity contribution in [1.82, 2.24) is 10.2 Å². The van der Waals surface area contributed by atoms with Crippen LogP contribution in [0.25, 0.3) is 0 Å². The van der Waals surface area contributed by atoms with Gasteiger partial charge in [0.2, 0.25) is 0 Å². The smallest absolute Gasteiger partial charge is 0.251 e. The quantitative estimate of drug-likeness (QED) is 0.313. The van der Waals surface area contributed by atoms with Crippen molar-refractivity contribution in [3.05, 3.63) is 88.4 Å². The van der Waals surface area contributed by atoms with E-state index in [1.807, 2.05) is 59.5 Å². The Balaban J connectivity index is 1.58. The second-order valence-corrected chi connectivity index (χ2v) is 9.94. The van der Waals surface area contributed by atoms with Crippen LogP contribution < -0.4 is 5.32 Å². The summed E-state index contributed by atoms with van der Waals surface area (Å²) in [5.41, 5.74) is 3.19. The third-order valence-corrected chi connectivity index (χ3v) is 7.22. The lowest BCUT2D eigenvalue weighted by Gasteiger charge is -2.26. The maximum absolute atomic E-state index is 13.0. The molecule has 0 bridgehead atoms. The van der Waals surface area contributed by atoms with Crippen molar-refractivity contribution in [2.75, 3.05) is 33.0 Å². The first-order valence-electron chi connectivity index (χ1n) is 12.0. The highest BCUT2D eigenvalue weighted by Gasteiger charge is 2.22. The molecule has 0 unspecified atom stereocenters. The summed E-state index contributed by atoms with van der Waals surface area (Å²) in [4.78, 5) is 21.7. The fourth-order valence-electron chi connectivity index (χ4n) is 4.00. The molecule has 0 aliphatic carbocycles. The summed E-state index contributed by atoms with van der Waals surface area (Å²) in [6.45, 7) is 0.467. The van der Waals surface area contributed by atoms with Crippen molar-refractivity contribution in [1.29, 1.82) is 0 Å². The Hall–Kier alpha value is -2.90. The van der Waals surface area contributed by atoms with E-state index in [4.69, 9.17) is 16.6 Å². The van der Waals surface area contributed by atoms with E-state index in [2.05, 4.69) is 5.32 Å². The average molecular weight is 528 g/mol. The van der Waals surface area contributed by atoms with Gasteiger partial charge in [0.15, 0.2) is 0 Å². The van der Waals surface area contributed by atoms with E-state index in [0.29, 0.717) is 61.0 Å². The molecule has 1 N–H and O–H groups in total. The van der Waals surface area contributed by atoms with Crippen molar-refractivity contribution in [3.8, 4) is 0 Å². The highest BCUT2D eigenvalue weighted by molar-refractivity contribution is 7.99. The number of nitrogens with one attached hydrogen (secondary N) is 1. The third-order valence-electron chi connectivity index (χ3n) is 5.83. The molecule has 8 heteroatoms. The molecule has 0 spiro atoms. The number of hydrogen-bond donors (Lipinski definition) is 1. The molecule has 1 amide bonds. The zero-order valence-electron chi connectivity index (χ0n) is 19.9. The van der Waals surface area contributed by atoms with Gasteiger partial charge in [-0.15, -0.1) is 0 Å². The average Bonchev–Trinajstić information content (AvgIpc) is 3.06. The van der Waals surface area contributed by atoms with Crippen LogP contribution >= 0.6 is 23.4 Å². The summed E-state index contributed by atoms with van der Waals surface area (Å²) >= 11 is 7.51. The van der Waals surface area contributed by atoms with Gasteiger partial charge in [0.25, 0.3) is 5.91 Å². The van der Waals surface area contributed by atoms with E-state index in [1.54, 1.807) is 23.9 Å². The van der Waals surface area contributed by atoms with Crippen molar-refractivity contribution in [2.24, 2.45) is 4.99 Å². The van der Waals surface area contributed by atoms with Gasteiger partial charge in [-0.05, 0) is 61.2 Å². The molecular formula is C28H28ClF2N3OS. The van der Waals surface area contributed by atoms with E-state index in [0.717, 1.165) is 20.9 Å². The molecule has 3 aromatic rings. The number of halogens is 3. The second-order valence-electron chi connectivity index (χ2n) is 8.42. The molecule has 0 aromatic heterocycles. The Morgan fingerprint density at radius 2 is 1.67 bits per heavy atom. The predicted octanol–water partition coefficient (Wildman–Crippen LogP) is 6.88. The molecule has 0 saturated carbocycles. The number of carbonyl (C=O) groups excluding carboxylic acids is 1. The van der Waals surface area contributed by atoms with Gasteiger partial charge in [-0.25, -0.2) is 4.99 Å². The van der Waals surface area contributed by atoms with Crippen LogP contribution in [0.1, 0.15) is 34.3 Å². The Morgan fingerprint density at radius 3 is 2.39 bits per heavy atom. The first-order chi connectivity index (χ1) is 17.6. The van der Waals surface area contributed by atoms with Gasteiger partial charge in [0.1, 0.15) is 5.84 Å². The lowest BCUT2D eigenvalue weighted by molar-refractivity contribution is 0.0954. The zero-order chi connectivity index (χ0) is 25.3. The molecule has 3 aromatic carbocycles. The van der Waals surface area contributed by atoms with Gasteiger partial charge in [-0.1, -0.05) is 53.7 Å². The molecule has 1 aliphatic rings. The van der Waals surface area contributed by atoms with Gasteiger partial charge in [0.05, 0.1) is 19.0 Å². The lowest BCUT2D eigenvalue weighted by atomic mass is 10.1. The molecule has 4 rings (SSSR count). The van der Waals surface area contributed by atoms with Crippen LogP contribution in [0.3, 0.4) is 0 Å². The van der Waals surface area contributed by atoms with Crippen LogP contribution in [0.15, 0.2) is 81.5 Å². The first-order valence-corrected chi connectivity index (χ1v) is 13.2. The molecule has 188 valence electrons.